The molecule has 9 heteroatoms. The third kappa shape index (κ3) is 3.87. The van der Waals surface area contributed by atoms with Gasteiger partial charge in [-0.05, 0) is 18.6 Å². The number of hydrogen-bond donors (Lipinski definition) is 2. The number of likely N-dealkylation sites (tertiary alicyclic amines) is 1. The Labute approximate surface area is 143 Å². The van der Waals surface area contributed by atoms with Crippen molar-refractivity contribution in [3.63, 3.8) is 0 Å². The predicted molar refractivity (Wildman–Crippen MR) is 86.4 cm³/mol. The molecule has 1 saturated heterocycles. The molecule has 132 valence electrons. The molecule has 0 saturated carbocycles. The highest BCUT2D eigenvalue weighted by Gasteiger charge is 2.27. The van der Waals surface area contributed by atoms with Gasteiger partial charge >= 0.3 is 0 Å². The van der Waals surface area contributed by atoms with Crippen LogP contribution in [0.15, 0.2) is 24.3 Å². The Balaban J connectivity index is 1.51. The Bertz CT molecular complexity index is 720. The quantitative estimate of drug-likeness (QED) is 0.693. The van der Waals surface area contributed by atoms with Crippen molar-refractivity contribution in [3.8, 4) is 5.75 Å². The Hall–Kier alpha value is -3.10. The zero-order valence-corrected chi connectivity index (χ0v) is 13.5. The topological polar surface area (TPSA) is 108 Å². The molecule has 0 aromatic heterocycles. The van der Waals surface area contributed by atoms with Crippen molar-refractivity contribution >= 4 is 29.3 Å². The zero-order valence-electron chi connectivity index (χ0n) is 13.5. The number of hydrogen-bond acceptors (Lipinski definition) is 5. The number of carbonyl (C=O) groups excluding carboxylic acids is 4. The predicted octanol–water partition coefficient (Wildman–Crippen LogP) is -0.818. The summed E-state index contributed by atoms with van der Waals surface area (Å²) >= 11 is 0. The second kappa shape index (κ2) is 7.20. The number of carbonyl (C=O) groups is 4. The summed E-state index contributed by atoms with van der Waals surface area (Å²) in [5, 5.41) is 0. The zero-order chi connectivity index (χ0) is 17.8. The summed E-state index contributed by atoms with van der Waals surface area (Å²) in [6.07, 6.45) is 1.18. The first-order valence-electron chi connectivity index (χ1n) is 7.92. The number of anilines is 1. The lowest BCUT2D eigenvalue weighted by molar-refractivity contribution is -0.134. The van der Waals surface area contributed by atoms with Crippen molar-refractivity contribution in [2.45, 2.75) is 12.8 Å². The SMILES string of the molecule is O=C(CN1CCCC1=O)NNC(=O)CN1C(=O)COc2ccccc21. The van der Waals surface area contributed by atoms with E-state index in [-0.39, 0.29) is 31.5 Å². The van der Waals surface area contributed by atoms with Crippen LogP contribution in [0.3, 0.4) is 0 Å². The number of rotatable bonds is 4. The van der Waals surface area contributed by atoms with E-state index in [2.05, 4.69) is 10.9 Å². The molecule has 25 heavy (non-hydrogen) atoms. The van der Waals surface area contributed by atoms with Gasteiger partial charge in [0.25, 0.3) is 17.7 Å². The average Bonchev–Trinajstić information content (AvgIpc) is 3.00. The smallest absolute Gasteiger partial charge is 0.265 e. The molecule has 1 aromatic rings. The van der Waals surface area contributed by atoms with E-state index < -0.39 is 11.8 Å². The van der Waals surface area contributed by atoms with Gasteiger partial charge in [0.2, 0.25) is 5.91 Å². The Morgan fingerprint density at radius 3 is 2.48 bits per heavy atom. The largest absolute Gasteiger partial charge is 0.482 e. The van der Waals surface area contributed by atoms with E-state index >= 15 is 0 Å². The summed E-state index contributed by atoms with van der Waals surface area (Å²) in [5.41, 5.74) is 5.02. The van der Waals surface area contributed by atoms with Crippen molar-refractivity contribution in [2.75, 3.05) is 31.1 Å². The van der Waals surface area contributed by atoms with E-state index in [4.69, 9.17) is 4.74 Å². The molecule has 0 aliphatic carbocycles. The fourth-order valence-electron chi connectivity index (χ4n) is 2.73. The summed E-state index contributed by atoms with van der Waals surface area (Å²) in [7, 11) is 0. The molecule has 2 N–H and O–H groups in total. The van der Waals surface area contributed by atoms with Crippen molar-refractivity contribution in [1.29, 1.82) is 0 Å². The highest BCUT2D eigenvalue weighted by Crippen LogP contribution is 2.30. The lowest BCUT2D eigenvalue weighted by Gasteiger charge is -2.28. The molecule has 3 rings (SSSR count). The van der Waals surface area contributed by atoms with Crippen LogP contribution in [0.2, 0.25) is 0 Å². The van der Waals surface area contributed by atoms with Crippen molar-refractivity contribution in [1.82, 2.24) is 15.8 Å². The van der Waals surface area contributed by atoms with Crippen LogP contribution in [-0.4, -0.2) is 54.8 Å². The van der Waals surface area contributed by atoms with Gasteiger partial charge in [-0.15, -0.1) is 0 Å². The summed E-state index contributed by atoms with van der Waals surface area (Å²) < 4.78 is 5.30. The molecule has 0 radical (unpaired) electrons. The molecular formula is C16H18N4O5. The first kappa shape index (κ1) is 16.7. The van der Waals surface area contributed by atoms with Gasteiger partial charge in [0, 0.05) is 13.0 Å². The van der Waals surface area contributed by atoms with Gasteiger partial charge < -0.3 is 9.64 Å². The second-order valence-corrected chi connectivity index (χ2v) is 5.75. The van der Waals surface area contributed by atoms with Crippen molar-refractivity contribution in [2.24, 2.45) is 0 Å². The number of nitrogens with one attached hydrogen (secondary N) is 2. The van der Waals surface area contributed by atoms with E-state index in [9.17, 15) is 19.2 Å². The van der Waals surface area contributed by atoms with E-state index in [0.717, 1.165) is 6.42 Å². The summed E-state index contributed by atoms with van der Waals surface area (Å²) in [6.45, 7) is 0.0492. The fourth-order valence-corrected chi connectivity index (χ4v) is 2.73. The Morgan fingerprint density at radius 2 is 1.76 bits per heavy atom. The highest BCUT2D eigenvalue weighted by molar-refractivity contribution is 6.02. The lowest BCUT2D eigenvalue weighted by Crippen LogP contribution is -2.51. The Morgan fingerprint density at radius 1 is 1.04 bits per heavy atom. The number of benzene rings is 1. The lowest BCUT2D eigenvalue weighted by atomic mass is 10.2. The number of fused-ring (bicyclic) bond motifs is 1. The van der Waals surface area contributed by atoms with E-state index in [1.807, 2.05) is 0 Å². The first-order valence-corrected chi connectivity index (χ1v) is 7.92. The number of amides is 4. The van der Waals surface area contributed by atoms with Crippen LogP contribution >= 0.6 is 0 Å². The summed E-state index contributed by atoms with van der Waals surface area (Å²) in [4.78, 5) is 50.0. The fraction of sp³-hybridized carbons (Fsp3) is 0.375. The molecule has 0 spiro atoms. The number of para-hydroxylation sites is 2. The summed E-state index contributed by atoms with van der Waals surface area (Å²) in [5.74, 6) is -0.935. The highest BCUT2D eigenvalue weighted by atomic mass is 16.5. The van der Waals surface area contributed by atoms with Crippen LogP contribution in [0.1, 0.15) is 12.8 Å². The minimum atomic E-state index is -0.550. The van der Waals surface area contributed by atoms with Crippen LogP contribution in [0.5, 0.6) is 5.75 Å². The molecule has 0 atom stereocenters. The molecule has 0 bridgehead atoms. The maximum absolute atomic E-state index is 12.0. The van der Waals surface area contributed by atoms with Crippen LogP contribution in [-0.2, 0) is 19.2 Å². The van der Waals surface area contributed by atoms with Crippen LogP contribution in [0.4, 0.5) is 5.69 Å². The number of nitrogens with zero attached hydrogens (tertiary/aromatic N) is 2. The van der Waals surface area contributed by atoms with Gasteiger partial charge in [0.15, 0.2) is 6.61 Å². The summed E-state index contributed by atoms with van der Waals surface area (Å²) in [6, 6.07) is 6.89. The van der Waals surface area contributed by atoms with Gasteiger partial charge in [0.05, 0.1) is 5.69 Å². The van der Waals surface area contributed by atoms with Crippen LogP contribution in [0, 0.1) is 0 Å². The third-order valence-corrected chi connectivity index (χ3v) is 3.96. The number of ether oxygens (including phenoxy) is 1. The van der Waals surface area contributed by atoms with Gasteiger partial charge in [-0.25, -0.2) is 0 Å². The van der Waals surface area contributed by atoms with Crippen LogP contribution in [0.25, 0.3) is 0 Å². The van der Waals surface area contributed by atoms with Crippen molar-refractivity contribution in [3.05, 3.63) is 24.3 Å². The normalized spacial score (nSPS) is 16.3. The van der Waals surface area contributed by atoms with Crippen LogP contribution < -0.4 is 20.5 Å². The molecular weight excluding hydrogens is 328 g/mol. The molecule has 4 amide bonds. The molecule has 9 nitrogen and oxygen atoms in total. The number of hydrazine groups is 1. The molecule has 1 fully saturated rings. The van der Waals surface area contributed by atoms with Crippen molar-refractivity contribution < 1.29 is 23.9 Å². The monoisotopic (exact) mass is 346 g/mol. The molecule has 2 aliphatic heterocycles. The Kier molecular flexibility index (Phi) is 4.82. The van der Waals surface area contributed by atoms with E-state index in [1.165, 1.54) is 9.80 Å². The van der Waals surface area contributed by atoms with E-state index in [1.54, 1.807) is 24.3 Å². The van der Waals surface area contributed by atoms with Gasteiger partial charge in [-0.3, -0.25) is 34.9 Å². The van der Waals surface area contributed by atoms with Gasteiger partial charge in [0.1, 0.15) is 18.8 Å². The minimum absolute atomic E-state index is 0.0722. The van der Waals surface area contributed by atoms with Gasteiger partial charge in [-0.1, -0.05) is 12.1 Å². The molecule has 0 unspecified atom stereocenters. The third-order valence-electron chi connectivity index (χ3n) is 3.96. The molecule has 1 aromatic carbocycles. The molecule has 2 aliphatic rings. The standard InChI is InChI=1S/C16H18N4O5/c21-13(8-19-7-3-6-15(19)23)17-18-14(22)9-20-11-4-1-2-5-12(11)25-10-16(20)24/h1-2,4-5H,3,6-10H2,(H,17,21)(H,18,22). The minimum Gasteiger partial charge on any atom is -0.482 e. The maximum atomic E-state index is 12.0. The van der Waals surface area contributed by atoms with E-state index in [0.29, 0.717) is 24.4 Å². The second-order valence-electron chi connectivity index (χ2n) is 5.75. The van der Waals surface area contributed by atoms with Gasteiger partial charge in [-0.2, -0.15) is 0 Å². The maximum Gasteiger partial charge on any atom is 0.265 e. The average molecular weight is 346 g/mol. The first-order chi connectivity index (χ1) is 12.0. The molecule has 2 heterocycles.